The number of hydrogen-bond acceptors (Lipinski definition) is 3. The van der Waals surface area contributed by atoms with Gasteiger partial charge in [-0.05, 0) is 57.9 Å². The maximum absolute atomic E-state index is 12.0. The molecule has 0 aliphatic carbocycles. The van der Waals surface area contributed by atoms with Crippen molar-refractivity contribution < 1.29 is 13.9 Å². The summed E-state index contributed by atoms with van der Waals surface area (Å²) in [7, 11) is 0. The van der Waals surface area contributed by atoms with E-state index in [1.807, 2.05) is 30.3 Å². The third-order valence-electron chi connectivity index (χ3n) is 3.41. The van der Waals surface area contributed by atoms with E-state index in [9.17, 15) is 4.79 Å². The monoisotopic (exact) mass is 385 g/mol. The fourth-order valence-corrected chi connectivity index (χ4v) is 2.50. The van der Waals surface area contributed by atoms with Gasteiger partial charge in [0.15, 0.2) is 10.4 Å². The molecule has 0 unspecified atom stereocenters. The molecule has 1 aromatic heterocycles. The molecule has 0 saturated heterocycles. The molecule has 0 fully saturated rings. The van der Waals surface area contributed by atoms with Crippen LogP contribution in [0.3, 0.4) is 0 Å². The van der Waals surface area contributed by atoms with Crippen molar-refractivity contribution >= 4 is 27.5 Å². The Hall–Kier alpha value is -2.53. The van der Waals surface area contributed by atoms with E-state index in [-0.39, 0.29) is 11.7 Å². The fourth-order valence-electron chi connectivity index (χ4n) is 2.19. The molecule has 0 aliphatic heterocycles. The van der Waals surface area contributed by atoms with Gasteiger partial charge >= 0.3 is 0 Å². The molecule has 1 heterocycles. The van der Waals surface area contributed by atoms with Crippen molar-refractivity contribution in [2.45, 2.75) is 6.42 Å². The molecule has 122 valence electrons. The number of rotatable bonds is 6. The number of nitrogens with one attached hydrogen (secondary N) is 1. The predicted molar refractivity (Wildman–Crippen MR) is 96.4 cm³/mol. The van der Waals surface area contributed by atoms with Gasteiger partial charge in [-0.2, -0.15) is 0 Å². The molecule has 0 aliphatic rings. The molecule has 0 atom stereocenters. The number of amides is 1. The molecule has 0 radical (unpaired) electrons. The van der Waals surface area contributed by atoms with E-state index in [0.29, 0.717) is 17.0 Å². The smallest absolute Gasteiger partial charge is 0.291 e. The maximum atomic E-state index is 12.0. The second kappa shape index (κ2) is 7.84. The Balaban J connectivity index is 1.51. The first-order valence-electron chi connectivity index (χ1n) is 7.54. The van der Waals surface area contributed by atoms with E-state index in [4.69, 9.17) is 9.15 Å². The van der Waals surface area contributed by atoms with Gasteiger partial charge < -0.3 is 14.5 Å². The lowest BCUT2D eigenvalue weighted by molar-refractivity contribution is 0.0995. The largest absolute Gasteiger partial charge is 0.493 e. The van der Waals surface area contributed by atoms with Crippen molar-refractivity contribution in [2.24, 2.45) is 0 Å². The van der Waals surface area contributed by atoms with E-state index in [0.717, 1.165) is 12.2 Å². The van der Waals surface area contributed by atoms with Crippen molar-refractivity contribution in [3.8, 4) is 5.75 Å². The van der Waals surface area contributed by atoms with Gasteiger partial charge in [0.25, 0.3) is 5.91 Å². The SMILES string of the molecule is O=C(Nc1ccc(OCCc2ccccc2)cc1)c1ccc(Br)o1. The average molecular weight is 386 g/mol. The van der Waals surface area contributed by atoms with Crippen molar-refractivity contribution in [2.75, 3.05) is 11.9 Å². The van der Waals surface area contributed by atoms with E-state index in [1.54, 1.807) is 24.3 Å². The molecule has 0 saturated carbocycles. The van der Waals surface area contributed by atoms with Gasteiger partial charge in [-0.3, -0.25) is 4.79 Å². The highest BCUT2D eigenvalue weighted by Gasteiger charge is 2.10. The number of benzene rings is 2. The van der Waals surface area contributed by atoms with E-state index >= 15 is 0 Å². The standard InChI is InChI=1S/C19H16BrNO3/c20-18-11-10-17(24-18)19(22)21-15-6-8-16(9-7-15)23-13-12-14-4-2-1-3-5-14/h1-11H,12-13H2,(H,21,22). The van der Waals surface area contributed by atoms with E-state index in [2.05, 4.69) is 33.4 Å². The van der Waals surface area contributed by atoms with Gasteiger partial charge in [0, 0.05) is 12.1 Å². The molecule has 2 aromatic carbocycles. The van der Waals surface area contributed by atoms with Crippen molar-refractivity contribution in [1.82, 2.24) is 0 Å². The second-order valence-corrected chi connectivity index (χ2v) is 5.95. The van der Waals surface area contributed by atoms with E-state index < -0.39 is 0 Å². The van der Waals surface area contributed by atoms with Gasteiger partial charge in [-0.15, -0.1) is 0 Å². The van der Waals surface area contributed by atoms with Gasteiger partial charge in [-0.25, -0.2) is 0 Å². The fraction of sp³-hybridized carbons (Fsp3) is 0.105. The lowest BCUT2D eigenvalue weighted by Gasteiger charge is -2.08. The molecule has 4 nitrogen and oxygen atoms in total. The minimum Gasteiger partial charge on any atom is -0.493 e. The van der Waals surface area contributed by atoms with Gasteiger partial charge in [0.2, 0.25) is 0 Å². The summed E-state index contributed by atoms with van der Waals surface area (Å²) in [4.78, 5) is 12.0. The molecule has 1 amide bonds. The number of ether oxygens (including phenoxy) is 1. The van der Waals surface area contributed by atoms with Crippen LogP contribution in [0, 0.1) is 0 Å². The first-order valence-corrected chi connectivity index (χ1v) is 8.33. The van der Waals surface area contributed by atoms with Crippen LogP contribution in [-0.4, -0.2) is 12.5 Å². The summed E-state index contributed by atoms with van der Waals surface area (Å²) < 4.78 is 11.5. The summed E-state index contributed by atoms with van der Waals surface area (Å²) in [5.74, 6) is 0.730. The Morgan fingerprint density at radius 1 is 1.00 bits per heavy atom. The normalized spacial score (nSPS) is 10.4. The van der Waals surface area contributed by atoms with Crippen LogP contribution in [0.15, 0.2) is 75.8 Å². The molecule has 3 aromatic rings. The Morgan fingerprint density at radius 3 is 2.42 bits per heavy atom. The topological polar surface area (TPSA) is 51.5 Å². The van der Waals surface area contributed by atoms with Crippen LogP contribution in [0.2, 0.25) is 0 Å². The van der Waals surface area contributed by atoms with Crippen LogP contribution >= 0.6 is 15.9 Å². The van der Waals surface area contributed by atoms with E-state index in [1.165, 1.54) is 5.56 Å². The first-order chi connectivity index (χ1) is 11.7. The highest BCUT2D eigenvalue weighted by Crippen LogP contribution is 2.19. The number of carbonyl (C=O) groups excluding carboxylic acids is 1. The zero-order chi connectivity index (χ0) is 16.8. The number of halogens is 1. The molecule has 0 spiro atoms. The van der Waals surface area contributed by atoms with Gasteiger partial charge in [0.1, 0.15) is 5.75 Å². The van der Waals surface area contributed by atoms with Gasteiger partial charge in [-0.1, -0.05) is 30.3 Å². The zero-order valence-electron chi connectivity index (χ0n) is 12.9. The third kappa shape index (κ3) is 4.49. The maximum Gasteiger partial charge on any atom is 0.291 e. The summed E-state index contributed by atoms with van der Waals surface area (Å²) in [6.07, 6.45) is 0.854. The highest BCUT2D eigenvalue weighted by atomic mass is 79.9. The molecule has 3 rings (SSSR count). The number of furan rings is 1. The summed E-state index contributed by atoms with van der Waals surface area (Å²) >= 11 is 3.17. The Bertz CT molecular complexity index is 797. The van der Waals surface area contributed by atoms with Crippen molar-refractivity contribution in [3.63, 3.8) is 0 Å². The van der Waals surface area contributed by atoms with Crippen LogP contribution in [0.4, 0.5) is 5.69 Å². The average Bonchev–Trinajstić information content (AvgIpc) is 3.04. The van der Waals surface area contributed by atoms with Gasteiger partial charge in [0.05, 0.1) is 6.61 Å². The molecule has 24 heavy (non-hydrogen) atoms. The Labute approximate surface area is 148 Å². The third-order valence-corrected chi connectivity index (χ3v) is 3.84. The van der Waals surface area contributed by atoms with Crippen LogP contribution in [0.25, 0.3) is 0 Å². The lowest BCUT2D eigenvalue weighted by atomic mass is 10.2. The summed E-state index contributed by atoms with van der Waals surface area (Å²) in [6, 6.07) is 20.7. The van der Waals surface area contributed by atoms with Crippen molar-refractivity contribution in [3.05, 3.63) is 82.7 Å². The van der Waals surface area contributed by atoms with Crippen LogP contribution in [0.1, 0.15) is 16.1 Å². The number of anilines is 1. The molecule has 1 N–H and O–H groups in total. The Kier molecular flexibility index (Phi) is 5.33. The summed E-state index contributed by atoms with van der Waals surface area (Å²) in [6.45, 7) is 0.607. The second-order valence-electron chi connectivity index (χ2n) is 5.17. The first kappa shape index (κ1) is 16.3. The van der Waals surface area contributed by atoms with Crippen LogP contribution < -0.4 is 10.1 Å². The Morgan fingerprint density at radius 2 is 1.75 bits per heavy atom. The zero-order valence-corrected chi connectivity index (χ0v) is 14.5. The quantitative estimate of drug-likeness (QED) is 0.655. The number of carbonyl (C=O) groups is 1. The van der Waals surface area contributed by atoms with Crippen LogP contribution in [0.5, 0.6) is 5.75 Å². The molecular weight excluding hydrogens is 370 g/mol. The van der Waals surface area contributed by atoms with Crippen LogP contribution in [-0.2, 0) is 6.42 Å². The minimum atomic E-state index is -0.293. The summed E-state index contributed by atoms with van der Waals surface area (Å²) in [5, 5.41) is 2.77. The highest BCUT2D eigenvalue weighted by molar-refractivity contribution is 9.10. The van der Waals surface area contributed by atoms with Crippen molar-refractivity contribution in [1.29, 1.82) is 0 Å². The molecular formula is C19H16BrNO3. The molecule has 0 bridgehead atoms. The lowest BCUT2D eigenvalue weighted by Crippen LogP contribution is -2.10. The predicted octanol–water partition coefficient (Wildman–Crippen LogP) is 4.92. The number of hydrogen-bond donors (Lipinski definition) is 1. The summed E-state index contributed by atoms with van der Waals surface area (Å²) in [5.41, 5.74) is 1.92. The minimum absolute atomic E-state index is 0.255. The molecule has 5 heteroatoms.